The Morgan fingerprint density at radius 1 is 0.500 bits per heavy atom. The minimum atomic E-state index is -2.97. The monoisotopic (exact) mass is 2310 g/mol. The van der Waals surface area contributed by atoms with Gasteiger partial charge in [-0.15, -0.1) is 0 Å². The zero-order valence-corrected chi connectivity index (χ0v) is 89.5. The van der Waals surface area contributed by atoms with Crippen molar-refractivity contribution in [3.8, 4) is 16.9 Å². The van der Waals surface area contributed by atoms with Crippen LogP contribution >= 0.6 is 119 Å². The number of benzene rings is 6. The van der Waals surface area contributed by atoms with E-state index in [1.165, 1.54) is 56.7 Å². The smallest absolute Gasteiger partial charge is 0.537 e. The van der Waals surface area contributed by atoms with Crippen LogP contribution in [0.25, 0.3) is 11.1 Å². The van der Waals surface area contributed by atoms with Crippen molar-refractivity contribution in [2.45, 2.75) is 276 Å². The lowest BCUT2D eigenvalue weighted by Gasteiger charge is -2.48. The molecular formula is C103H139BBr3Cl2F8N14O9S4. The maximum atomic E-state index is 14.4. The molecule has 0 bridgehead atoms. The quantitative estimate of drug-likeness (QED) is 0.0219. The van der Waals surface area contributed by atoms with Crippen LogP contribution in [0.5, 0.6) is 5.75 Å². The fraction of sp³-hybridized carbons (Fsp3) is 0.573. The highest BCUT2D eigenvalue weighted by Crippen LogP contribution is 2.68. The Bertz CT molecular complexity index is 5740. The summed E-state index contributed by atoms with van der Waals surface area (Å²) in [5.41, 5.74) is 25.4. The highest BCUT2D eigenvalue weighted by molar-refractivity contribution is 9.11. The number of aliphatic imine (C=N–C) groups is 5. The molecule has 793 valence electrons. The third-order valence-corrected chi connectivity index (χ3v) is 34.7. The van der Waals surface area contributed by atoms with E-state index < -0.39 is 90.9 Å². The van der Waals surface area contributed by atoms with Crippen molar-refractivity contribution >= 4 is 170 Å². The van der Waals surface area contributed by atoms with Crippen molar-refractivity contribution in [2.75, 3.05) is 74.3 Å². The molecule has 41 heteroatoms. The van der Waals surface area contributed by atoms with Crippen molar-refractivity contribution in [3.63, 3.8) is 0 Å². The molecular weight excluding hydrogens is 2180 g/mol. The molecule has 2 saturated heterocycles. The maximum absolute atomic E-state index is 14.4. The predicted molar refractivity (Wildman–Crippen MR) is 587 cm³/mol. The first-order valence-electron chi connectivity index (χ1n) is 46.6. The first-order valence-corrected chi connectivity index (χ1v) is 51.7. The number of nitrogens with zero attached hydrogens (tertiary/aromatic N) is 8. The van der Waals surface area contributed by atoms with Gasteiger partial charge in [-0.3, -0.25) is 34.9 Å². The minimum absolute atomic E-state index is 0. The summed E-state index contributed by atoms with van der Waals surface area (Å²) in [6.45, 7) is 9.64. The van der Waals surface area contributed by atoms with Gasteiger partial charge >= 0.3 is 7.69 Å². The molecule has 1 radical (unpaired) electrons. The maximum Gasteiger partial charge on any atom is 0.569 e. The highest BCUT2D eigenvalue weighted by Gasteiger charge is 2.71. The van der Waals surface area contributed by atoms with E-state index in [-0.39, 0.29) is 110 Å². The van der Waals surface area contributed by atoms with Crippen LogP contribution in [-0.4, -0.2) is 203 Å². The predicted octanol–water partition coefficient (Wildman–Crippen LogP) is 23.3. The zero-order chi connectivity index (χ0) is 99.7. The summed E-state index contributed by atoms with van der Waals surface area (Å²) in [5.74, 6) is -7.49. The molecule has 6 aromatic rings. The molecule has 4 unspecified atom stereocenters. The highest BCUT2D eigenvalue weighted by atomic mass is 79.9. The number of amidine groups is 3. The van der Waals surface area contributed by atoms with Crippen molar-refractivity contribution in [1.29, 1.82) is 0 Å². The minimum Gasteiger partial charge on any atom is -0.537 e. The van der Waals surface area contributed by atoms with Crippen LogP contribution in [0.3, 0.4) is 0 Å². The number of ether oxygens (including phenoxy) is 4. The van der Waals surface area contributed by atoms with E-state index in [0.29, 0.717) is 52.4 Å². The molecule has 7 heterocycles. The largest absolute Gasteiger partial charge is 0.569 e. The van der Waals surface area contributed by atoms with E-state index in [9.17, 15) is 35.1 Å². The van der Waals surface area contributed by atoms with Gasteiger partial charge in [-0.1, -0.05) is 188 Å². The van der Waals surface area contributed by atoms with E-state index in [0.717, 1.165) is 197 Å². The molecule has 6 fully saturated rings. The van der Waals surface area contributed by atoms with Crippen LogP contribution in [0.2, 0.25) is 10.0 Å². The zero-order valence-electron chi connectivity index (χ0n) is 80.0. The van der Waals surface area contributed by atoms with Gasteiger partial charge in [0.25, 0.3) is 17.8 Å². The first kappa shape index (κ1) is 121. The lowest BCUT2D eigenvalue weighted by atomic mass is 9.61. The summed E-state index contributed by atoms with van der Waals surface area (Å²) in [6.07, 6.45) is 20.9. The normalized spacial score (nSPS) is 28.9. The van der Waals surface area contributed by atoms with Gasteiger partial charge in [-0.2, -0.15) is 0 Å². The molecule has 21 rings (SSSR count). The molecule has 7 aliphatic heterocycles. The third-order valence-electron chi connectivity index (χ3n) is 30.8. The Morgan fingerprint density at radius 3 is 1.22 bits per heavy atom. The lowest BCUT2D eigenvalue weighted by Crippen LogP contribution is -2.58. The SMILES string of the molecule is C.C.C.C.CC(C)(C)OO.CCC(C)(C)CN.COC1CCC2(CC1)Cc1ccc(-c3cc(F)cc(Cl)c3)cc1C21N=C(N)N2CC(F)(F)CN=C21.COC1CCC2(CC1)Cc1ccc(Br)cc1C21N=C(N)N2CC(F)(F)CN=C21.COC1CCC2(CC1)Cc1ccc(Br)cc1C21NC(=S)N2CC(F)(F)CN=C21.COC1CCC2(CC1)Cc1ccc(Br)cc1C21NC(=S)SC1=S.N.O.O[B]Oc1cc(F)cc(Cl)c1. The fourth-order valence-electron chi connectivity index (χ4n) is 23.5. The van der Waals surface area contributed by atoms with Crippen molar-refractivity contribution in [3.05, 3.63) is 189 Å². The second-order valence-electron chi connectivity index (χ2n) is 40.6. The van der Waals surface area contributed by atoms with E-state index in [2.05, 4.69) is 146 Å². The standard InChI is InChI=1S/C26H26ClF3N4O.C20H23BrF2N4O.C20H22BrF2N3OS.C17H18BrNOS3.C6H4BClFO2.C6H15N.C4H10O2.4CH4.H3N.H2O/c1-35-20-4-6-24(7-5-20)12-16-3-2-15(17-8-18(27)11-19(28)9-17)10-21(16)26(24)22-32-13-25(29,30)14-34(22)23(31)33-26;1-28-14-4-6-18(7-5-14)9-12-2-3-13(21)8-15(12)20(18)16-25-10-19(22,23)11-27(16)17(24)26-20;1-27-14-4-6-18(7-5-14)9-12-2-3-13(21)8-15(12)20(18)16-24-10-19(22,23)11-26(16)17(28)25-20;1-20-12-4-6-16(7-5-12)9-10-2-3-11(18)8-13(10)17(16)14(21)23-15(22)19-17;8-4-1-5(9)3-6(2-4)11-7-10;1-4-6(2,3)5-7;1-4(2,3)6-5;;;;;;/h2-3,8-11,20H,4-7,12-14H2,1H3,(H2,31,33);2-3,8,14H,4-7,9-11H2,1H3,(H2,24,26);2-3,8,14H,4-7,9-11H2,1H3,(H,25,28);2-3,8,12H,4-7,9H2,1H3,(H,19,22);1-3,10H;4-5,7H2,1-3H3;5H,1-3H3;4*1H4;1H3;1H2. The van der Waals surface area contributed by atoms with Crippen LogP contribution in [0.1, 0.15) is 225 Å². The average molecular weight is 2320 g/mol. The van der Waals surface area contributed by atoms with Crippen LogP contribution in [0.15, 0.2) is 148 Å². The summed E-state index contributed by atoms with van der Waals surface area (Å²) in [7, 11) is 7.52. The van der Waals surface area contributed by atoms with Crippen molar-refractivity contribution in [1.82, 2.24) is 31.5 Å². The number of nitrogens with one attached hydrogen (secondary N) is 2. The number of hydrogen-bond donors (Lipinski definition) is 8. The summed E-state index contributed by atoms with van der Waals surface area (Å²) in [4.78, 5) is 31.5. The second kappa shape index (κ2) is 47.0. The van der Waals surface area contributed by atoms with E-state index in [1.54, 1.807) is 64.8 Å². The van der Waals surface area contributed by atoms with Gasteiger partial charge in [0, 0.05) is 79.6 Å². The molecule has 8 aliphatic carbocycles. The van der Waals surface area contributed by atoms with Gasteiger partial charge in [0.05, 0.1) is 53.8 Å². The van der Waals surface area contributed by atoms with E-state index in [1.807, 2.05) is 37.4 Å². The number of thiocarbonyl (C=S) groups is 3. The van der Waals surface area contributed by atoms with Gasteiger partial charge in [0.15, 0.2) is 28.1 Å². The summed E-state index contributed by atoms with van der Waals surface area (Å²) < 4.78 is 144. The van der Waals surface area contributed by atoms with Gasteiger partial charge in [-0.25, -0.2) is 50.0 Å². The number of fused-ring (bicyclic) bond motifs is 18. The second-order valence-corrected chi connectivity index (χ2v) is 47.0. The molecule has 15 aliphatic rings. The Kier molecular flexibility index (Phi) is 39.6. The van der Waals surface area contributed by atoms with Crippen LogP contribution < -0.4 is 38.6 Å². The average Bonchev–Trinajstić information content (AvgIpc) is 1.36. The molecule has 0 amide bonds. The Balaban J connectivity index is 0.000000197. The summed E-state index contributed by atoms with van der Waals surface area (Å²) in [6, 6.07) is 33.2. The molecule has 4 atom stereocenters. The van der Waals surface area contributed by atoms with E-state index >= 15 is 0 Å². The topological polar surface area (TPSA) is 336 Å². The van der Waals surface area contributed by atoms with Gasteiger partial charge < -0.3 is 68.1 Å². The molecule has 6 aromatic carbocycles. The van der Waals surface area contributed by atoms with Gasteiger partial charge in [-0.05, 0) is 308 Å². The molecule has 15 N–H and O–H groups in total. The number of halogens is 13. The van der Waals surface area contributed by atoms with Crippen LogP contribution in [0, 0.1) is 38.7 Å². The van der Waals surface area contributed by atoms with Crippen LogP contribution in [-0.2, 0) is 71.7 Å². The van der Waals surface area contributed by atoms with E-state index in [4.69, 9.17) is 116 Å². The molecule has 23 nitrogen and oxygen atoms in total. The number of rotatable bonds is 9. The lowest BCUT2D eigenvalue weighted by molar-refractivity contribution is -0.306. The fourth-order valence-corrected chi connectivity index (χ4v) is 27.4. The number of methoxy groups -OCH3 is 4. The third kappa shape index (κ3) is 23.1. The first-order chi connectivity index (χ1) is 65.2. The Morgan fingerprint density at radius 2 is 0.854 bits per heavy atom. The van der Waals surface area contributed by atoms with Crippen molar-refractivity contribution < 1.29 is 79.4 Å². The summed E-state index contributed by atoms with van der Waals surface area (Å²) >= 11 is 40.9. The van der Waals surface area contributed by atoms with Crippen molar-refractivity contribution in [2.24, 2.45) is 69.2 Å². The molecule has 4 saturated carbocycles. The number of hydrogen-bond acceptors (Lipinski definition) is 23. The Labute approximate surface area is 899 Å². The Hall–Kier alpha value is -6.19. The molecule has 144 heavy (non-hydrogen) atoms. The summed E-state index contributed by atoms with van der Waals surface area (Å²) in [5, 5.41) is 24.1. The number of thioether (sulfide) groups is 1. The number of guanidine groups is 2. The molecule has 8 spiro atoms. The number of nitrogens with two attached hydrogens (primary N) is 3. The number of alkyl halides is 6. The van der Waals surface area contributed by atoms with Crippen LogP contribution in [0.4, 0.5) is 35.1 Å². The van der Waals surface area contributed by atoms with Gasteiger partial charge in [0.1, 0.15) is 69.9 Å². The van der Waals surface area contributed by atoms with Gasteiger partial charge in [0.2, 0.25) is 0 Å². The molecule has 0 aromatic heterocycles.